The highest BCUT2D eigenvalue weighted by Gasteiger charge is 2.24. The largest absolute Gasteiger partial charge is 0.493 e. The van der Waals surface area contributed by atoms with Crippen molar-refractivity contribution in [1.29, 1.82) is 0 Å². The fraction of sp³-hybridized carbons (Fsp3) is 0.364. The number of aromatic nitrogens is 4. The van der Waals surface area contributed by atoms with Crippen LogP contribution >= 0.6 is 0 Å². The summed E-state index contributed by atoms with van der Waals surface area (Å²) in [6.45, 7) is 4.15. The van der Waals surface area contributed by atoms with Gasteiger partial charge in [-0.3, -0.25) is 4.79 Å². The van der Waals surface area contributed by atoms with Crippen molar-refractivity contribution in [3.8, 4) is 17.2 Å². The van der Waals surface area contributed by atoms with E-state index in [1.54, 1.807) is 16.8 Å². The molecule has 1 atom stereocenters. The minimum absolute atomic E-state index is 0.000134. The molecule has 156 valence electrons. The van der Waals surface area contributed by atoms with Crippen molar-refractivity contribution in [3.63, 3.8) is 0 Å². The molecule has 1 amide bonds. The van der Waals surface area contributed by atoms with Crippen LogP contribution in [0.4, 0.5) is 0 Å². The minimum atomic E-state index is 0.000134. The van der Waals surface area contributed by atoms with Gasteiger partial charge in [0.1, 0.15) is 17.8 Å². The summed E-state index contributed by atoms with van der Waals surface area (Å²) in [7, 11) is 0. The molecule has 1 aromatic heterocycles. The number of para-hydroxylation sites is 1. The van der Waals surface area contributed by atoms with Gasteiger partial charge in [0.25, 0.3) is 5.91 Å². The van der Waals surface area contributed by atoms with Gasteiger partial charge in [0.2, 0.25) is 0 Å². The quantitative estimate of drug-likeness (QED) is 0.599. The fourth-order valence-corrected chi connectivity index (χ4v) is 3.56. The monoisotopic (exact) mass is 407 g/mol. The molecule has 0 radical (unpaired) electrons. The highest BCUT2D eigenvalue weighted by molar-refractivity contribution is 5.77. The number of carbonyl (C=O) groups excluding carboxylic acids is 1. The van der Waals surface area contributed by atoms with Gasteiger partial charge in [0.05, 0.1) is 12.3 Å². The lowest BCUT2D eigenvalue weighted by atomic mass is 9.99. The van der Waals surface area contributed by atoms with Crippen molar-refractivity contribution in [2.45, 2.75) is 19.8 Å². The van der Waals surface area contributed by atoms with Gasteiger partial charge in [-0.15, -0.1) is 5.10 Å². The van der Waals surface area contributed by atoms with Crippen molar-refractivity contribution in [3.05, 3.63) is 60.4 Å². The predicted octanol–water partition coefficient (Wildman–Crippen LogP) is 2.67. The van der Waals surface area contributed by atoms with Crippen molar-refractivity contribution in [2.75, 3.05) is 26.3 Å². The molecule has 0 bridgehead atoms. The van der Waals surface area contributed by atoms with Gasteiger partial charge < -0.3 is 14.4 Å². The highest BCUT2D eigenvalue weighted by atomic mass is 16.5. The van der Waals surface area contributed by atoms with Gasteiger partial charge in [-0.25, -0.2) is 4.68 Å². The third-order valence-electron chi connectivity index (χ3n) is 5.25. The maximum atomic E-state index is 12.6. The second-order valence-corrected chi connectivity index (χ2v) is 7.46. The summed E-state index contributed by atoms with van der Waals surface area (Å²) in [5.41, 5.74) is 1.95. The van der Waals surface area contributed by atoms with Gasteiger partial charge >= 0.3 is 0 Å². The first-order valence-corrected chi connectivity index (χ1v) is 10.1. The summed E-state index contributed by atoms with van der Waals surface area (Å²) in [6, 6.07) is 15.3. The number of piperidine rings is 1. The van der Waals surface area contributed by atoms with E-state index in [1.807, 2.05) is 48.2 Å². The molecule has 8 nitrogen and oxygen atoms in total. The van der Waals surface area contributed by atoms with Crippen LogP contribution in [0.3, 0.4) is 0 Å². The van der Waals surface area contributed by atoms with Gasteiger partial charge in [-0.05, 0) is 66.1 Å². The Labute approximate surface area is 175 Å². The van der Waals surface area contributed by atoms with E-state index in [-0.39, 0.29) is 12.5 Å². The SMILES string of the molecule is Cc1ccccc1OCC1CCCN(C(=O)COc2ccc(-n3cnnn3)cc2)C1. The number of carbonyl (C=O) groups is 1. The number of likely N-dealkylation sites (tertiary alicyclic amines) is 1. The van der Waals surface area contributed by atoms with Crippen LogP contribution in [-0.2, 0) is 4.79 Å². The van der Waals surface area contributed by atoms with Crippen molar-refractivity contribution >= 4 is 5.91 Å². The highest BCUT2D eigenvalue weighted by Crippen LogP contribution is 2.21. The Hall–Kier alpha value is -3.42. The molecule has 0 saturated carbocycles. The van der Waals surface area contributed by atoms with Gasteiger partial charge in [0.15, 0.2) is 6.61 Å². The molecule has 0 spiro atoms. The van der Waals surface area contributed by atoms with Crippen LogP contribution < -0.4 is 9.47 Å². The molecule has 1 unspecified atom stereocenters. The molecule has 1 saturated heterocycles. The van der Waals surface area contributed by atoms with Crippen LogP contribution in [0.2, 0.25) is 0 Å². The van der Waals surface area contributed by atoms with Crippen molar-refractivity contribution < 1.29 is 14.3 Å². The van der Waals surface area contributed by atoms with Crippen LogP contribution in [0, 0.1) is 12.8 Å². The molecule has 1 aliphatic rings. The number of hydrogen-bond donors (Lipinski definition) is 0. The summed E-state index contributed by atoms with van der Waals surface area (Å²) in [4.78, 5) is 14.5. The van der Waals surface area contributed by atoms with Crippen LogP contribution in [0.1, 0.15) is 18.4 Å². The molecule has 8 heteroatoms. The average molecular weight is 407 g/mol. The number of hydrogen-bond acceptors (Lipinski definition) is 6. The zero-order valence-corrected chi connectivity index (χ0v) is 17.0. The number of nitrogens with zero attached hydrogens (tertiary/aromatic N) is 5. The van der Waals surface area contributed by atoms with Gasteiger partial charge in [-0.2, -0.15) is 0 Å². The van der Waals surface area contributed by atoms with Crippen LogP contribution in [0.15, 0.2) is 54.9 Å². The second kappa shape index (κ2) is 9.39. The zero-order valence-electron chi connectivity index (χ0n) is 17.0. The van der Waals surface area contributed by atoms with E-state index in [1.165, 1.54) is 6.33 Å². The number of ether oxygens (including phenoxy) is 2. The maximum absolute atomic E-state index is 12.6. The molecule has 0 N–H and O–H groups in total. The number of aryl methyl sites for hydroxylation is 1. The Kier molecular flexibility index (Phi) is 6.22. The van der Waals surface area contributed by atoms with E-state index in [4.69, 9.17) is 9.47 Å². The molecule has 0 aliphatic carbocycles. The molecule has 3 aromatic rings. The normalized spacial score (nSPS) is 16.3. The van der Waals surface area contributed by atoms with E-state index in [2.05, 4.69) is 15.5 Å². The summed E-state index contributed by atoms with van der Waals surface area (Å²) in [5.74, 6) is 1.88. The Morgan fingerprint density at radius 2 is 1.97 bits per heavy atom. The van der Waals surface area contributed by atoms with Crippen LogP contribution in [-0.4, -0.2) is 57.3 Å². The van der Waals surface area contributed by atoms with Crippen LogP contribution in [0.5, 0.6) is 11.5 Å². The number of tetrazole rings is 1. The summed E-state index contributed by atoms with van der Waals surface area (Å²) < 4.78 is 13.2. The number of rotatable bonds is 7. The topological polar surface area (TPSA) is 82.4 Å². The first-order valence-electron chi connectivity index (χ1n) is 10.1. The first-order chi connectivity index (χ1) is 14.7. The lowest BCUT2D eigenvalue weighted by Crippen LogP contribution is -2.43. The van der Waals surface area contributed by atoms with Gasteiger partial charge in [-0.1, -0.05) is 18.2 Å². The molecule has 1 aliphatic heterocycles. The standard InChI is InChI=1S/C22H25N5O3/c1-17-5-2-3-7-21(17)30-14-18-6-4-12-26(13-18)22(28)15-29-20-10-8-19(9-11-20)27-16-23-24-25-27/h2-3,5,7-11,16,18H,4,6,12-15H2,1H3. The van der Waals surface area contributed by atoms with Crippen molar-refractivity contribution in [1.82, 2.24) is 25.1 Å². The van der Waals surface area contributed by atoms with E-state index >= 15 is 0 Å². The van der Waals surface area contributed by atoms with E-state index in [9.17, 15) is 4.79 Å². The Balaban J connectivity index is 1.25. The van der Waals surface area contributed by atoms with Crippen LogP contribution in [0.25, 0.3) is 5.69 Å². The molecule has 4 rings (SSSR count). The minimum Gasteiger partial charge on any atom is -0.493 e. The smallest absolute Gasteiger partial charge is 0.260 e. The molecule has 2 aromatic carbocycles. The maximum Gasteiger partial charge on any atom is 0.260 e. The summed E-state index contributed by atoms with van der Waals surface area (Å²) >= 11 is 0. The molecular weight excluding hydrogens is 382 g/mol. The Morgan fingerprint density at radius 3 is 2.73 bits per heavy atom. The predicted molar refractivity (Wildman–Crippen MR) is 111 cm³/mol. The van der Waals surface area contributed by atoms with E-state index < -0.39 is 0 Å². The number of amides is 1. The first kappa shape index (κ1) is 19.9. The molecule has 2 heterocycles. The van der Waals surface area contributed by atoms with E-state index in [0.29, 0.717) is 24.8 Å². The second-order valence-electron chi connectivity index (χ2n) is 7.46. The Morgan fingerprint density at radius 1 is 1.13 bits per heavy atom. The van der Waals surface area contributed by atoms with Gasteiger partial charge in [0, 0.05) is 19.0 Å². The zero-order chi connectivity index (χ0) is 20.8. The molecular formula is C22H25N5O3. The van der Waals surface area contributed by atoms with E-state index in [0.717, 1.165) is 36.4 Å². The molecule has 1 fully saturated rings. The lowest BCUT2D eigenvalue weighted by Gasteiger charge is -2.32. The summed E-state index contributed by atoms with van der Waals surface area (Å²) in [5, 5.41) is 11.1. The fourth-order valence-electron chi connectivity index (χ4n) is 3.56. The third-order valence-corrected chi connectivity index (χ3v) is 5.25. The Bertz CT molecular complexity index is 959. The third kappa shape index (κ3) is 4.94. The van der Waals surface area contributed by atoms with Crippen molar-refractivity contribution in [2.24, 2.45) is 5.92 Å². The number of benzene rings is 2. The summed E-state index contributed by atoms with van der Waals surface area (Å²) in [6.07, 6.45) is 3.57. The average Bonchev–Trinajstić information content (AvgIpc) is 3.32. The molecule has 30 heavy (non-hydrogen) atoms. The lowest BCUT2D eigenvalue weighted by molar-refractivity contribution is -0.135.